The Morgan fingerprint density at radius 2 is 2.00 bits per heavy atom. The van der Waals surface area contributed by atoms with Crippen LogP contribution in [0.25, 0.3) is 11.4 Å². The molecule has 0 radical (unpaired) electrons. The lowest BCUT2D eigenvalue weighted by atomic mass is 10.1. The van der Waals surface area contributed by atoms with E-state index in [0.29, 0.717) is 11.0 Å². The summed E-state index contributed by atoms with van der Waals surface area (Å²) in [6.07, 6.45) is 0. The van der Waals surface area contributed by atoms with Crippen molar-refractivity contribution in [2.45, 2.75) is 19.0 Å². The van der Waals surface area contributed by atoms with Crippen LogP contribution >= 0.6 is 27.7 Å². The Morgan fingerprint density at radius 1 is 1.20 bits per heavy atom. The van der Waals surface area contributed by atoms with Crippen molar-refractivity contribution in [3.8, 4) is 11.4 Å². The number of aryl methyl sites for hydroxylation is 2. The number of H-pyrrole nitrogens is 1. The van der Waals surface area contributed by atoms with Crippen LogP contribution in [-0.4, -0.2) is 26.8 Å². The van der Waals surface area contributed by atoms with Gasteiger partial charge in [0, 0.05) is 10.0 Å². The molecule has 0 unspecified atom stereocenters. The molecular formula is C18H17BrN4OS. The van der Waals surface area contributed by atoms with E-state index >= 15 is 0 Å². The number of nitrogens with zero attached hydrogens (tertiary/aromatic N) is 2. The lowest BCUT2D eigenvalue weighted by molar-refractivity contribution is -0.113. The van der Waals surface area contributed by atoms with Crippen LogP contribution in [0.1, 0.15) is 11.1 Å². The van der Waals surface area contributed by atoms with Gasteiger partial charge >= 0.3 is 0 Å². The smallest absolute Gasteiger partial charge is 0.234 e. The predicted molar refractivity (Wildman–Crippen MR) is 105 cm³/mol. The normalized spacial score (nSPS) is 10.7. The van der Waals surface area contributed by atoms with E-state index in [1.807, 2.05) is 56.3 Å². The molecular weight excluding hydrogens is 400 g/mol. The van der Waals surface area contributed by atoms with Crippen LogP contribution in [0, 0.1) is 13.8 Å². The third kappa shape index (κ3) is 4.70. The molecule has 0 aliphatic heterocycles. The highest BCUT2D eigenvalue weighted by atomic mass is 79.9. The number of benzene rings is 2. The summed E-state index contributed by atoms with van der Waals surface area (Å²) in [5.41, 5.74) is 4.02. The minimum absolute atomic E-state index is 0.101. The summed E-state index contributed by atoms with van der Waals surface area (Å²) in [5.74, 6) is 0.843. The number of thioether (sulfide) groups is 1. The fraction of sp³-hybridized carbons (Fsp3) is 0.167. The van der Waals surface area contributed by atoms with Gasteiger partial charge in [0.05, 0.1) is 11.4 Å². The van der Waals surface area contributed by atoms with E-state index in [2.05, 4.69) is 36.4 Å². The molecule has 128 valence electrons. The van der Waals surface area contributed by atoms with Crippen molar-refractivity contribution in [1.29, 1.82) is 0 Å². The molecule has 1 aromatic heterocycles. The van der Waals surface area contributed by atoms with Gasteiger partial charge in [0.25, 0.3) is 0 Å². The van der Waals surface area contributed by atoms with Gasteiger partial charge in [-0.3, -0.25) is 9.89 Å². The number of rotatable bonds is 5. The standard InChI is InChI=1S/C18H17BrN4OS/c1-11-4-3-5-13(8-11)17-21-18(23-22-17)25-10-16(24)20-15-7-6-12(2)9-14(15)19/h3-9H,10H2,1-2H3,(H,20,24)(H,21,22,23). The van der Waals surface area contributed by atoms with Crippen molar-refractivity contribution >= 4 is 39.3 Å². The van der Waals surface area contributed by atoms with Crippen LogP contribution in [0.5, 0.6) is 0 Å². The van der Waals surface area contributed by atoms with Gasteiger partial charge in [-0.25, -0.2) is 4.98 Å². The maximum Gasteiger partial charge on any atom is 0.234 e. The van der Waals surface area contributed by atoms with Gasteiger partial charge in [0.1, 0.15) is 0 Å². The second kappa shape index (κ2) is 7.84. The Bertz CT molecular complexity index is 910. The van der Waals surface area contributed by atoms with Crippen LogP contribution in [0.15, 0.2) is 52.1 Å². The van der Waals surface area contributed by atoms with Crippen molar-refractivity contribution in [1.82, 2.24) is 15.2 Å². The van der Waals surface area contributed by atoms with Crippen LogP contribution in [0.3, 0.4) is 0 Å². The first-order chi connectivity index (χ1) is 12.0. The number of anilines is 1. The molecule has 0 fully saturated rings. The zero-order valence-corrected chi connectivity index (χ0v) is 16.2. The number of aromatic amines is 1. The van der Waals surface area contributed by atoms with Gasteiger partial charge < -0.3 is 5.32 Å². The number of carbonyl (C=O) groups is 1. The fourth-order valence-electron chi connectivity index (χ4n) is 2.27. The van der Waals surface area contributed by atoms with E-state index in [1.54, 1.807) is 0 Å². The first-order valence-electron chi connectivity index (χ1n) is 7.69. The van der Waals surface area contributed by atoms with E-state index in [4.69, 9.17) is 0 Å². The molecule has 1 amide bonds. The largest absolute Gasteiger partial charge is 0.324 e. The van der Waals surface area contributed by atoms with Gasteiger partial charge in [-0.1, -0.05) is 41.6 Å². The summed E-state index contributed by atoms with van der Waals surface area (Å²) in [4.78, 5) is 16.6. The minimum atomic E-state index is -0.101. The highest BCUT2D eigenvalue weighted by Gasteiger charge is 2.10. The molecule has 0 saturated carbocycles. The molecule has 2 N–H and O–H groups in total. The molecule has 3 aromatic rings. The molecule has 1 heterocycles. The fourth-order valence-corrected chi connectivity index (χ4v) is 3.46. The SMILES string of the molecule is Cc1cccc(-c2nc(SCC(=O)Nc3ccc(C)cc3Br)n[nH]2)c1. The first kappa shape index (κ1) is 17.7. The number of aromatic nitrogens is 3. The minimum Gasteiger partial charge on any atom is -0.324 e. The highest BCUT2D eigenvalue weighted by Crippen LogP contribution is 2.24. The van der Waals surface area contributed by atoms with E-state index in [1.165, 1.54) is 11.8 Å². The molecule has 0 bridgehead atoms. The van der Waals surface area contributed by atoms with Gasteiger partial charge in [0.2, 0.25) is 11.1 Å². The molecule has 0 aliphatic rings. The first-order valence-corrected chi connectivity index (χ1v) is 9.47. The highest BCUT2D eigenvalue weighted by molar-refractivity contribution is 9.10. The number of amides is 1. The quantitative estimate of drug-likeness (QED) is 0.596. The van der Waals surface area contributed by atoms with Gasteiger partial charge in [-0.2, -0.15) is 0 Å². The lowest BCUT2D eigenvalue weighted by Crippen LogP contribution is -2.14. The monoisotopic (exact) mass is 416 g/mol. The molecule has 25 heavy (non-hydrogen) atoms. The van der Waals surface area contributed by atoms with E-state index < -0.39 is 0 Å². The van der Waals surface area contributed by atoms with E-state index in [9.17, 15) is 4.79 Å². The summed E-state index contributed by atoms with van der Waals surface area (Å²) in [6, 6.07) is 13.8. The van der Waals surface area contributed by atoms with Crippen molar-refractivity contribution < 1.29 is 4.79 Å². The maximum atomic E-state index is 12.1. The number of carbonyl (C=O) groups excluding carboxylic acids is 1. The summed E-state index contributed by atoms with van der Waals surface area (Å²) in [7, 11) is 0. The Morgan fingerprint density at radius 3 is 2.76 bits per heavy atom. The third-order valence-electron chi connectivity index (χ3n) is 3.49. The lowest BCUT2D eigenvalue weighted by Gasteiger charge is -2.07. The predicted octanol–water partition coefficient (Wildman–Crippen LogP) is 4.58. The van der Waals surface area contributed by atoms with Crippen molar-refractivity contribution in [3.05, 3.63) is 58.1 Å². The number of hydrogen-bond donors (Lipinski definition) is 2. The average Bonchev–Trinajstić information content (AvgIpc) is 3.05. The number of hydrogen-bond acceptors (Lipinski definition) is 4. The Labute approximate surface area is 158 Å². The van der Waals surface area contributed by atoms with E-state index in [-0.39, 0.29) is 11.7 Å². The van der Waals surface area contributed by atoms with Crippen LogP contribution in [0.2, 0.25) is 0 Å². The Hall–Kier alpha value is -2.12. The number of halogens is 1. The molecule has 5 nitrogen and oxygen atoms in total. The zero-order chi connectivity index (χ0) is 17.8. The average molecular weight is 417 g/mol. The number of nitrogens with one attached hydrogen (secondary N) is 2. The molecule has 2 aromatic carbocycles. The summed E-state index contributed by atoms with van der Waals surface area (Å²) < 4.78 is 0.866. The van der Waals surface area contributed by atoms with E-state index in [0.717, 1.165) is 26.9 Å². The molecule has 0 saturated heterocycles. The van der Waals surface area contributed by atoms with Crippen LogP contribution in [-0.2, 0) is 4.79 Å². The molecule has 0 atom stereocenters. The van der Waals surface area contributed by atoms with Crippen LogP contribution in [0.4, 0.5) is 5.69 Å². The van der Waals surface area contributed by atoms with Crippen molar-refractivity contribution in [3.63, 3.8) is 0 Å². The maximum absolute atomic E-state index is 12.1. The van der Waals surface area contributed by atoms with Gasteiger partial charge in [0.15, 0.2) is 5.82 Å². The Balaban J connectivity index is 1.59. The third-order valence-corrected chi connectivity index (χ3v) is 4.99. The topological polar surface area (TPSA) is 70.7 Å². The summed E-state index contributed by atoms with van der Waals surface area (Å²) in [5, 5.41) is 10.5. The second-order valence-electron chi connectivity index (χ2n) is 5.66. The summed E-state index contributed by atoms with van der Waals surface area (Å²) >= 11 is 4.75. The molecule has 0 spiro atoms. The van der Waals surface area contributed by atoms with Gasteiger partial charge in [-0.15, -0.1) is 5.10 Å². The Kier molecular flexibility index (Phi) is 5.55. The zero-order valence-electron chi connectivity index (χ0n) is 13.8. The molecule has 7 heteroatoms. The summed E-state index contributed by atoms with van der Waals surface area (Å²) in [6.45, 7) is 4.03. The molecule has 0 aliphatic carbocycles. The van der Waals surface area contributed by atoms with Crippen molar-refractivity contribution in [2.24, 2.45) is 0 Å². The molecule has 3 rings (SSSR count). The van der Waals surface area contributed by atoms with Crippen molar-refractivity contribution in [2.75, 3.05) is 11.1 Å². The van der Waals surface area contributed by atoms with Crippen LogP contribution < -0.4 is 5.32 Å². The second-order valence-corrected chi connectivity index (χ2v) is 7.45. The van der Waals surface area contributed by atoms with Gasteiger partial charge in [-0.05, 0) is 53.5 Å².